The zero-order chi connectivity index (χ0) is 9.38. The van der Waals surface area contributed by atoms with Crippen LogP contribution >= 0.6 is 0 Å². The van der Waals surface area contributed by atoms with Gasteiger partial charge in [-0.05, 0) is 12.1 Å². The highest BCUT2D eigenvalue weighted by Gasteiger charge is 2.18. The summed E-state index contributed by atoms with van der Waals surface area (Å²) >= 11 is 0. The fourth-order valence-electron chi connectivity index (χ4n) is 1.57. The lowest BCUT2D eigenvalue weighted by molar-refractivity contribution is 0.544. The average molecular weight is 184 g/mol. The van der Waals surface area contributed by atoms with Crippen LogP contribution in [0.25, 0.3) is 6.08 Å². The number of para-hydroxylation sites is 1. The van der Waals surface area contributed by atoms with E-state index < -0.39 is 0 Å². The molecule has 2 aliphatic rings. The lowest BCUT2D eigenvalue weighted by Gasteiger charge is -2.19. The summed E-state index contributed by atoms with van der Waals surface area (Å²) in [6.07, 6.45) is 3.62. The summed E-state index contributed by atoms with van der Waals surface area (Å²) in [6.45, 7) is 0.660. The van der Waals surface area contributed by atoms with Gasteiger partial charge in [0.25, 0.3) is 0 Å². The summed E-state index contributed by atoms with van der Waals surface area (Å²) in [5.41, 5.74) is 2.14. The van der Waals surface area contributed by atoms with Crippen molar-refractivity contribution < 1.29 is 4.74 Å². The third-order valence-corrected chi connectivity index (χ3v) is 2.25. The van der Waals surface area contributed by atoms with Crippen molar-refractivity contribution in [1.29, 1.82) is 0 Å². The molecule has 14 heavy (non-hydrogen) atoms. The Kier molecular flexibility index (Phi) is 1.50. The van der Waals surface area contributed by atoms with E-state index in [-0.39, 0.29) is 0 Å². The first-order valence-corrected chi connectivity index (χ1v) is 4.47. The summed E-state index contributed by atoms with van der Waals surface area (Å²) in [4.78, 5) is 8.16. The fraction of sp³-hybridized carbons (Fsp3) is 0.0909. The third kappa shape index (κ3) is 1.06. The number of nitrogens with zero attached hydrogens (tertiary/aromatic N) is 2. The van der Waals surface area contributed by atoms with Gasteiger partial charge in [-0.1, -0.05) is 18.2 Å². The molecule has 2 heterocycles. The van der Waals surface area contributed by atoms with Gasteiger partial charge in [-0.3, -0.25) is 4.99 Å². The molecule has 2 aliphatic heterocycles. The monoisotopic (exact) mass is 184 g/mol. The van der Waals surface area contributed by atoms with Crippen molar-refractivity contribution in [1.82, 2.24) is 0 Å². The summed E-state index contributed by atoms with van der Waals surface area (Å²) in [7, 11) is 0. The topological polar surface area (TPSA) is 34.0 Å². The fourth-order valence-corrected chi connectivity index (χ4v) is 1.57. The van der Waals surface area contributed by atoms with Crippen LogP contribution in [0.1, 0.15) is 5.56 Å². The first kappa shape index (κ1) is 7.50. The number of rotatable bonds is 0. The summed E-state index contributed by atoms with van der Waals surface area (Å²) in [6, 6.07) is 7.91. The number of fused-ring (bicyclic) bond motifs is 2. The molecule has 0 saturated heterocycles. The smallest absolute Gasteiger partial charge is 0.225 e. The average Bonchev–Trinajstić information content (AvgIpc) is 2.26. The maximum atomic E-state index is 5.63. The van der Waals surface area contributed by atoms with E-state index in [1.54, 1.807) is 6.34 Å². The normalized spacial score (nSPS) is 17.4. The maximum Gasteiger partial charge on any atom is 0.225 e. The van der Waals surface area contributed by atoms with E-state index in [4.69, 9.17) is 4.74 Å². The van der Waals surface area contributed by atoms with Gasteiger partial charge in [0.05, 0.1) is 6.54 Å². The highest BCUT2D eigenvalue weighted by Crippen LogP contribution is 2.27. The second-order valence-electron chi connectivity index (χ2n) is 3.20. The first-order valence-electron chi connectivity index (χ1n) is 4.47. The third-order valence-electron chi connectivity index (χ3n) is 2.25. The van der Waals surface area contributed by atoms with Crippen molar-refractivity contribution in [2.75, 3.05) is 6.54 Å². The van der Waals surface area contributed by atoms with Gasteiger partial charge < -0.3 is 4.74 Å². The van der Waals surface area contributed by atoms with Crippen molar-refractivity contribution >= 4 is 18.3 Å². The van der Waals surface area contributed by atoms with Gasteiger partial charge >= 0.3 is 0 Å². The SMILES string of the molecule is C1=NCC2=Cc3ccccc3OC2=N1. The number of benzene rings is 1. The van der Waals surface area contributed by atoms with Crippen LogP contribution in [0.4, 0.5) is 0 Å². The molecule has 0 spiro atoms. The highest BCUT2D eigenvalue weighted by atomic mass is 16.5. The number of ether oxygens (including phenoxy) is 1. The van der Waals surface area contributed by atoms with Crippen LogP contribution in [0.15, 0.2) is 39.8 Å². The molecule has 3 nitrogen and oxygen atoms in total. The lowest BCUT2D eigenvalue weighted by Crippen LogP contribution is -2.20. The Morgan fingerprint density at radius 2 is 2.14 bits per heavy atom. The molecule has 1 aromatic carbocycles. The first-order chi connectivity index (χ1) is 6.93. The number of hydrogen-bond donors (Lipinski definition) is 0. The molecule has 1 aromatic rings. The van der Waals surface area contributed by atoms with Gasteiger partial charge in [-0.2, -0.15) is 0 Å². The van der Waals surface area contributed by atoms with E-state index in [9.17, 15) is 0 Å². The molecule has 0 unspecified atom stereocenters. The minimum Gasteiger partial charge on any atom is -0.438 e. The van der Waals surface area contributed by atoms with Gasteiger partial charge in [0.15, 0.2) is 0 Å². The molecule has 3 heteroatoms. The van der Waals surface area contributed by atoms with Crippen LogP contribution < -0.4 is 4.74 Å². The molecule has 68 valence electrons. The van der Waals surface area contributed by atoms with Crippen LogP contribution in [-0.4, -0.2) is 18.8 Å². The molecule has 0 aromatic heterocycles. The molecule has 0 aliphatic carbocycles. The molecule has 0 amide bonds. The van der Waals surface area contributed by atoms with E-state index in [1.807, 2.05) is 24.3 Å². The van der Waals surface area contributed by atoms with Crippen molar-refractivity contribution in [2.24, 2.45) is 9.98 Å². The molecule has 0 radical (unpaired) electrons. The Morgan fingerprint density at radius 1 is 1.21 bits per heavy atom. The van der Waals surface area contributed by atoms with Gasteiger partial charge in [-0.15, -0.1) is 0 Å². The Morgan fingerprint density at radius 3 is 3.14 bits per heavy atom. The highest BCUT2D eigenvalue weighted by molar-refractivity contribution is 6.06. The van der Waals surface area contributed by atoms with Gasteiger partial charge in [0.2, 0.25) is 5.90 Å². The Labute approximate surface area is 81.5 Å². The number of aliphatic imine (C=N–C) groups is 2. The molecule has 0 saturated carbocycles. The molecule has 0 atom stereocenters. The van der Waals surface area contributed by atoms with E-state index in [0.29, 0.717) is 12.4 Å². The Balaban J connectivity index is 2.15. The van der Waals surface area contributed by atoms with Gasteiger partial charge in [-0.25, -0.2) is 4.99 Å². The van der Waals surface area contributed by atoms with Crippen molar-refractivity contribution in [3.8, 4) is 5.75 Å². The molecule has 0 bridgehead atoms. The van der Waals surface area contributed by atoms with Crippen LogP contribution in [-0.2, 0) is 0 Å². The maximum absolute atomic E-state index is 5.63. The lowest BCUT2D eigenvalue weighted by atomic mass is 10.1. The second-order valence-corrected chi connectivity index (χ2v) is 3.20. The van der Waals surface area contributed by atoms with Crippen LogP contribution in [0.2, 0.25) is 0 Å². The van der Waals surface area contributed by atoms with Crippen molar-refractivity contribution in [3.63, 3.8) is 0 Å². The molecule has 0 N–H and O–H groups in total. The standard InChI is InChI=1S/C11H8N2O/c1-2-4-10-8(3-1)5-9-6-12-7-13-11(9)14-10/h1-5,7H,6H2. The van der Waals surface area contributed by atoms with E-state index >= 15 is 0 Å². The van der Waals surface area contributed by atoms with Crippen molar-refractivity contribution in [3.05, 3.63) is 35.4 Å². The second kappa shape index (κ2) is 2.80. The Bertz CT molecular complexity index is 472. The predicted molar refractivity (Wildman–Crippen MR) is 55.8 cm³/mol. The molecule has 0 fully saturated rings. The zero-order valence-corrected chi connectivity index (χ0v) is 7.47. The molecular weight excluding hydrogens is 176 g/mol. The summed E-state index contributed by atoms with van der Waals surface area (Å²) < 4.78 is 5.63. The van der Waals surface area contributed by atoms with Crippen LogP contribution in [0.3, 0.4) is 0 Å². The Hall–Kier alpha value is -1.90. The largest absolute Gasteiger partial charge is 0.438 e. The molecular formula is C11H8N2O. The van der Waals surface area contributed by atoms with Crippen LogP contribution in [0, 0.1) is 0 Å². The molecule has 3 rings (SSSR count). The summed E-state index contributed by atoms with van der Waals surface area (Å²) in [5, 5.41) is 0. The van der Waals surface area contributed by atoms with Crippen molar-refractivity contribution in [2.45, 2.75) is 0 Å². The van der Waals surface area contributed by atoms with E-state index in [0.717, 1.165) is 16.9 Å². The van der Waals surface area contributed by atoms with Crippen LogP contribution in [0.5, 0.6) is 5.75 Å². The van der Waals surface area contributed by atoms with E-state index in [2.05, 4.69) is 16.1 Å². The van der Waals surface area contributed by atoms with E-state index in [1.165, 1.54) is 0 Å². The van der Waals surface area contributed by atoms with Gasteiger partial charge in [0, 0.05) is 11.1 Å². The quantitative estimate of drug-likeness (QED) is 0.606. The summed E-state index contributed by atoms with van der Waals surface area (Å²) in [5.74, 6) is 1.55. The minimum absolute atomic E-state index is 0.660. The zero-order valence-electron chi connectivity index (χ0n) is 7.47. The predicted octanol–water partition coefficient (Wildman–Crippen LogP) is 1.90. The van der Waals surface area contributed by atoms with Gasteiger partial charge in [0.1, 0.15) is 12.1 Å². The minimum atomic E-state index is 0.660. The number of hydrogen-bond acceptors (Lipinski definition) is 3.